The number of nitrogens with zero attached hydrogens (tertiary/aromatic N) is 2. The van der Waals surface area contributed by atoms with Gasteiger partial charge in [0.25, 0.3) is 0 Å². The molecule has 1 aliphatic heterocycles. The Balaban J connectivity index is 1.79. The zero-order valence-corrected chi connectivity index (χ0v) is 13.4. The third-order valence-corrected chi connectivity index (χ3v) is 3.98. The number of fused-ring (bicyclic) bond motifs is 1. The van der Waals surface area contributed by atoms with E-state index in [2.05, 4.69) is 15.0 Å². The lowest BCUT2D eigenvalue weighted by Crippen LogP contribution is -2.40. The molecule has 0 saturated carbocycles. The molecule has 1 aromatic carbocycles. The SMILES string of the molecule is O=C(CN1CCCCC1=O)Nc1ccc(OC(F)F)c2cccnc12. The van der Waals surface area contributed by atoms with Gasteiger partial charge in [0.15, 0.2) is 0 Å². The van der Waals surface area contributed by atoms with Gasteiger partial charge in [-0.25, -0.2) is 0 Å². The number of anilines is 1. The molecule has 3 rings (SSSR count). The monoisotopic (exact) mass is 349 g/mol. The van der Waals surface area contributed by atoms with Gasteiger partial charge in [-0.1, -0.05) is 0 Å². The van der Waals surface area contributed by atoms with E-state index in [1.807, 2.05) is 0 Å². The molecule has 6 nitrogen and oxygen atoms in total. The van der Waals surface area contributed by atoms with Crippen molar-refractivity contribution >= 4 is 28.4 Å². The van der Waals surface area contributed by atoms with E-state index in [0.29, 0.717) is 29.6 Å². The summed E-state index contributed by atoms with van der Waals surface area (Å²) in [6.07, 6.45) is 3.68. The first-order valence-corrected chi connectivity index (χ1v) is 7.95. The summed E-state index contributed by atoms with van der Waals surface area (Å²) in [6.45, 7) is -2.43. The van der Waals surface area contributed by atoms with Crippen LogP contribution in [-0.2, 0) is 9.59 Å². The van der Waals surface area contributed by atoms with Gasteiger partial charge in [0.1, 0.15) is 5.75 Å². The third kappa shape index (κ3) is 4.01. The Kier molecular flexibility index (Phi) is 5.06. The van der Waals surface area contributed by atoms with Crippen molar-refractivity contribution < 1.29 is 23.1 Å². The van der Waals surface area contributed by atoms with Gasteiger partial charge in [0, 0.05) is 24.5 Å². The highest BCUT2D eigenvalue weighted by molar-refractivity contribution is 6.03. The Morgan fingerprint density at radius 3 is 2.92 bits per heavy atom. The first-order valence-electron chi connectivity index (χ1n) is 7.95. The molecule has 0 bridgehead atoms. The highest BCUT2D eigenvalue weighted by atomic mass is 19.3. The number of nitrogens with one attached hydrogen (secondary N) is 1. The summed E-state index contributed by atoms with van der Waals surface area (Å²) in [5, 5.41) is 3.06. The Morgan fingerprint density at radius 2 is 2.16 bits per heavy atom. The van der Waals surface area contributed by atoms with Gasteiger partial charge in [0.2, 0.25) is 11.8 Å². The summed E-state index contributed by atoms with van der Waals surface area (Å²) in [5.74, 6) is -0.405. The molecule has 2 amide bonds. The molecule has 2 heterocycles. The van der Waals surface area contributed by atoms with Crippen LogP contribution >= 0.6 is 0 Å². The maximum absolute atomic E-state index is 12.5. The van der Waals surface area contributed by atoms with Crippen LogP contribution in [0.25, 0.3) is 10.9 Å². The van der Waals surface area contributed by atoms with Crippen molar-refractivity contribution in [2.24, 2.45) is 0 Å². The fourth-order valence-electron chi connectivity index (χ4n) is 2.84. The van der Waals surface area contributed by atoms with Crippen LogP contribution in [0.15, 0.2) is 30.5 Å². The lowest BCUT2D eigenvalue weighted by atomic mass is 10.1. The number of benzene rings is 1. The molecule has 0 unspecified atom stereocenters. The second-order valence-corrected chi connectivity index (χ2v) is 5.71. The van der Waals surface area contributed by atoms with Crippen LogP contribution in [0.5, 0.6) is 5.75 Å². The number of amides is 2. The molecule has 1 fully saturated rings. The van der Waals surface area contributed by atoms with Crippen LogP contribution in [0.3, 0.4) is 0 Å². The predicted octanol–water partition coefficient (Wildman–Crippen LogP) is 2.79. The van der Waals surface area contributed by atoms with Gasteiger partial charge < -0.3 is 15.0 Å². The second-order valence-electron chi connectivity index (χ2n) is 5.71. The molecule has 2 aromatic rings. The summed E-state index contributed by atoms with van der Waals surface area (Å²) in [4.78, 5) is 29.7. The van der Waals surface area contributed by atoms with E-state index in [0.717, 1.165) is 12.8 Å². The summed E-state index contributed by atoms with van der Waals surface area (Å²) in [7, 11) is 0. The largest absolute Gasteiger partial charge is 0.434 e. The summed E-state index contributed by atoms with van der Waals surface area (Å²) in [6, 6.07) is 6.00. The summed E-state index contributed by atoms with van der Waals surface area (Å²) >= 11 is 0. The van der Waals surface area contributed by atoms with Crippen molar-refractivity contribution in [1.29, 1.82) is 0 Å². The van der Waals surface area contributed by atoms with Gasteiger partial charge >= 0.3 is 6.61 Å². The van der Waals surface area contributed by atoms with E-state index in [1.165, 1.54) is 23.2 Å². The van der Waals surface area contributed by atoms with Crippen LogP contribution < -0.4 is 10.1 Å². The molecule has 0 atom stereocenters. The van der Waals surface area contributed by atoms with Crippen LogP contribution in [-0.4, -0.2) is 41.4 Å². The number of rotatable bonds is 5. The second kappa shape index (κ2) is 7.42. The van der Waals surface area contributed by atoms with Gasteiger partial charge in [0.05, 0.1) is 17.7 Å². The van der Waals surface area contributed by atoms with E-state index in [9.17, 15) is 18.4 Å². The molecular weight excluding hydrogens is 332 g/mol. The Bertz CT molecular complexity index is 798. The summed E-state index contributed by atoms with van der Waals surface area (Å²) in [5.41, 5.74) is 0.727. The molecule has 0 radical (unpaired) electrons. The van der Waals surface area contributed by atoms with Crippen molar-refractivity contribution in [2.45, 2.75) is 25.9 Å². The number of hydrogen-bond donors (Lipinski definition) is 1. The number of likely N-dealkylation sites (tertiary alicyclic amines) is 1. The number of halogens is 2. The van der Waals surface area contributed by atoms with E-state index >= 15 is 0 Å². The number of aromatic nitrogens is 1. The number of hydrogen-bond acceptors (Lipinski definition) is 4. The van der Waals surface area contributed by atoms with Crippen molar-refractivity contribution in [1.82, 2.24) is 9.88 Å². The van der Waals surface area contributed by atoms with E-state index in [4.69, 9.17) is 0 Å². The number of piperidine rings is 1. The number of carbonyl (C=O) groups is 2. The normalized spacial score (nSPS) is 14.8. The minimum atomic E-state index is -2.95. The van der Waals surface area contributed by atoms with Gasteiger partial charge in [-0.05, 0) is 37.1 Å². The Hall–Kier alpha value is -2.77. The lowest BCUT2D eigenvalue weighted by Gasteiger charge is -2.26. The van der Waals surface area contributed by atoms with E-state index in [1.54, 1.807) is 12.1 Å². The average molecular weight is 349 g/mol. The van der Waals surface area contributed by atoms with Gasteiger partial charge in [-0.15, -0.1) is 0 Å². The van der Waals surface area contributed by atoms with Crippen molar-refractivity contribution in [3.05, 3.63) is 30.5 Å². The minimum absolute atomic E-state index is 0.0118. The molecule has 1 N–H and O–H groups in total. The molecule has 25 heavy (non-hydrogen) atoms. The molecule has 8 heteroatoms. The topological polar surface area (TPSA) is 71.5 Å². The lowest BCUT2D eigenvalue weighted by molar-refractivity contribution is -0.136. The maximum atomic E-state index is 12.5. The first-order chi connectivity index (χ1) is 12.0. The third-order valence-electron chi connectivity index (χ3n) is 3.98. The number of ether oxygens (including phenoxy) is 1. The van der Waals surface area contributed by atoms with Crippen molar-refractivity contribution in [3.8, 4) is 5.75 Å². The molecule has 1 saturated heterocycles. The molecule has 132 valence electrons. The zero-order chi connectivity index (χ0) is 17.8. The standard InChI is InChI=1S/C17H17F2N3O3/c18-17(19)25-13-7-6-12(16-11(13)4-3-8-20-16)21-14(23)10-22-9-2-1-5-15(22)24/h3-4,6-8,17H,1-2,5,9-10H2,(H,21,23). The highest BCUT2D eigenvalue weighted by Gasteiger charge is 2.21. The Labute approximate surface area is 142 Å². The summed E-state index contributed by atoms with van der Waals surface area (Å²) < 4.78 is 29.5. The fraction of sp³-hybridized carbons (Fsp3) is 0.353. The van der Waals surface area contributed by atoms with Crippen molar-refractivity contribution in [2.75, 3.05) is 18.4 Å². The average Bonchev–Trinajstić information content (AvgIpc) is 2.59. The van der Waals surface area contributed by atoms with Crippen LogP contribution in [0.4, 0.5) is 14.5 Å². The Morgan fingerprint density at radius 1 is 1.32 bits per heavy atom. The van der Waals surface area contributed by atoms with E-state index in [-0.39, 0.29) is 24.1 Å². The quantitative estimate of drug-likeness (QED) is 0.901. The zero-order valence-electron chi connectivity index (χ0n) is 13.4. The number of pyridine rings is 1. The van der Waals surface area contributed by atoms with Crippen LogP contribution in [0.1, 0.15) is 19.3 Å². The van der Waals surface area contributed by atoms with Crippen molar-refractivity contribution in [3.63, 3.8) is 0 Å². The molecule has 0 aliphatic carbocycles. The van der Waals surface area contributed by atoms with E-state index < -0.39 is 6.61 Å². The maximum Gasteiger partial charge on any atom is 0.387 e. The molecule has 0 spiro atoms. The van der Waals surface area contributed by atoms with Crippen LogP contribution in [0, 0.1) is 0 Å². The van der Waals surface area contributed by atoms with Crippen LogP contribution in [0.2, 0.25) is 0 Å². The highest BCUT2D eigenvalue weighted by Crippen LogP contribution is 2.31. The number of alkyl halides is 2. The molecule has 1 aromatic heterocycles. The predicted molar refractivity (Wildman–Crippen MR) is 87.4 cm³/mol. The molecular formula is C17H17F2N3O3. The number of carbonyl (C=O) groups excluding carboxylic acids is 2. The van der Waals surface area contributed by atoms with Gasteiger partial charge in [-0.2, -0.15) is 8.78 Å². The smallest absolute Gasteiger partial charge is 0.387 e. The fourth-order valence-corrected chi connectivity index (χ4v) is 2.84. The van der Waals surface area contributed by atoms with Gasteiger partial charge in [-0.3, -0.25) is 14.6 Å². The minimum Gasteiger partial charge on any atom is -0.434 e. The molecule has 1 aliphatic rings. The first kappa shape index (κ1) is 17.1.